The topological polar surface area (TPSA) is 21.3 Å². The van der Waals surface area contributed by atoms with E-state index in [0.717, 1.165) is 30.3 Å². The second-order valence-corrected chi connectivity index (χ2v) is 5.22. The van der Waals surface area contributed by atoms with Crippen LogP contribution in [-0.2, 0) is 11.3 Å². The Bertz CT molecular complexity index is 342. The smallest absolute Gasteiger partial charge is 0.0591 e. The molecule has 0 bridgehead atoms. The summed E-state index contributed by atoms with van der Waals surface area (Å²) in [7, 11) is 0. The molecule has 0 heterocycles. The SMILES string of the molecule is CC(C)COCCNCc1cc(Cl)ccc1Cl. The largest absolute Gasteiger partial charge is 0.380 e. The summed E-state index contributed by atoms with van der Waals surface area (Å²) in [6, 6.07) is 5.49. The molecular weight excluding hydrogens is 257 g/mol. The Balaban J connectivity index is 2.20. The quantitative estimate of drug-likeness (QED) is 0.766. The first-order chi connectivity index (χ1) is 8.09. The maximum Gasteiger partial charge on any atom is 0.0591 e. The Morgan fingerprint density at radius 1 is 1.29 bits per heavy atom. The van der Waals surface area contributed by atoms with Gasteiger partial charge in [0.05, 0.1) is 6.61 Å². The number of hydrogen-bond acceptors (Lipinski definition) is 2. The molecule has 0 amide bonds. The maximum atomic E-state index is 6.05. The van der Waals surface area contributed by atoms with Crippen molar-refractivity contribution in [3.63, 3.8) is 0 Å². The molecule has 0 aliphatic carbocycles. The molecule has 0 unspecified atom stereocenters. The molecule has 96 valence electrons. The Morgan fingerprint density at radius 2 is 2.06 bits per heavy atom. The minimum atomic E-state index is 0.581. The molecule has 1 rings (SSSR count). The number of benzene rings is 1. The van der Waals surface area contributed by atoms with Crippen LogP contribution in [0.2, 0.25) is 10.0 Å². The summed E-state index contributed by atoms with van der Waals surface area (Å²) in [5.74, 6) is 0.581. The first-order valence-corrected chi connectivity index (χ1v) is 6.57. The highest BCUT2D eigenvalue weighted by Gasteiger charge is 2.00. The normalized spacial score (nSPS) is 11.1. The summed E-state index contributed by atoms with van der Waals surface area (Å²) >= 11 is 12.0. The van der Waals surface area contributed by atoms with Crippen molar-refractivity contribution in [1.29, 1.82) is 0 Å². The molecule has 1 aromatic rings. The molecule has 17 heavy (non-hydrogen) atoms. The highest BCUT2D eigenvalue weighted by molar-refractivity contribution is 6.33. The number of rotatable bonds is 7. The van der Waals surface area contributed by atoms with Crippen LogP contribution >= 0.6 is 23.2 Å². The summed E-state index contributed by atoms with van der Waals surface area (Å²) in [6.45, 7) is 7.33. The third-order valence-corrected chi connectivity index (χ3v) is 2.80. The van der Waals surface area contributed by atoms with Gasteiger partial charge in [-0.05, 0) is 29.7 Å². The van der Waals surface area contributed by atoms with E-state index in [0.29, 0.717) is 17.5 Å². The standard InChI is InChI=1S/C13H19Cl2NO/c1-10(2)9-17-6-5-16-8-11-7-12(14)3-4-13(11)15/h3-4,7,10,16H,5-6,8-9H2,1-2H3. The van der Waals surface area contributed by atoms with Crippen LogP contribution in [0.4, 0.5) is 0 Å². The third-order valence-electron chi connectivity index (χ3n) is 2.20. The first kappa shape index (κ1) is 14.8. The van der Waals surface area contributed by atoms with E-state index in [1.54, 1.807) is 6.07 Å². The van der Waals surface area contributed by atoms with Gasteiger partial charge in [0, 0.05) is 29.7 Å². The van der Waals surface area contributed by atoms with Crippen LogP contribution in [0.15, 0.2) is 18.2 Å². The van der Waals surface area contributed by atoms with Crippen molar-refractivity contribution in [2.24, 2.45) is 5.92 Å². The molecule has 0 saturated heterocycles. The van der Waals surface area contributed by atoms with Gasteiger partial charge in [-0.15, -0.1) is 0 Å². The van der Waals surface area contributed by atoms with Crippen molar-refractivity contribution >= 4 is 23.2 Å². The van der Waals surface area contributed by atoms with Crippen molar-refractivity contribution in [2.75, 3.05) is 19.8 Å². The maximum absolute atomic E-state index is 6.05. The molecule has 0 aliphatic heterocycles. The van der Waals surface area contributed by atoms with Gasteiger partial charge in [-0.2, -0.15) is 0 Å². The van der Waals surface area contributed by atoms with Crippen molar-refractivity contribution in [1.82, 2.24) is 5.32 Å². The van der Waals surface area contributed by atoms with E-state index in [9.17, 15) is 0 Å². The van der Waals surface area contributed by atoms with Crippen molar-refractivity contribution < 1.29 is 4.74 Å². The Labute approximate surface area is 113 Å². The van der Waals surface area contributed by atoms with Gasteiger partial charge in [0.25, 0.3) is 0 Å². The van der Waals surface area contributed by atoms with E-state index >= 15 is 0 Å². The minimum absolute atomic E-state index is 0.581. The van der Waals surface area contributed by atoms with Gasteiger partial charge in [-0.1, -0.05) is 37.0 Å². The zero-order valence-electron chi connectivity index (χ0n) is 10.3. The van der Waals surface area contributed by atoms with Gasteiger partial charge in [0.2, 0.25) is 0 Å². The molecule has 0 fully saturated rings. The zero-order valence-corrected chi connectivity index (χ0v) is 11.8. The molecule has 2 nitrogen and oxygen atoms in total. The van der Waals surface area contributed by atoms with Gasteiger partial charge in [0.1, 0.15) is 0 Å². The molecule has 0 saturated carbocycles. The number of ether oxygens (including phenoxy) is 1. The fourth-order valence-corrected chi connectivity index (χ4v) is 1.74. The zero-order chi connectivity index (χ0) is 12.7. The minimum Gasteiger partial charge on any atom is -0.380 e. The Kier molecular flexibility index (Phi) is 6.90. The summed E-state index contributed by atoms with van der Waals surface area (Å²) in [5, 5.41) is 4.73. The summed E-state index contributed by atoms with van der Waals surface area (Å²) in [5.41, 5.74) is 1.02. The third kappa shape index (κ3) is 6.27. The average Bonchev–Trinajstić information content (AvgIpc) is 2.27. The lowest BCUT2D eigenvalue weighted by molar-refractivity contribution is 0.111. The van der Waals surface area contributed by atoms with Gasteiger partial charge < -0.3 is 10.1 Å². The van der Waals surface area contributed by atoms with Gasteiger partial charge >= 0.3 is 0 Å². The Hall–Kier alpha value is -0.280. The number of hydrogen-bond donors (Lipinski definition) is 1. The molecule has 1 aromatic carbocycles. The molecular formula is C13H19Cl2NO. The van der Waals surface area contributed by atoms with Crippen LogP contribution in [0, 0.1) is 5.92 Å². The van der Waals surface area contributed by atoms with Crippen molar-refractivity contribution in [3.05, 3.63) is 33.8 Å². The fourth-order valence-electron chi connectivity index (χ4n) is 1.37. The highest BCUT2D eigenvalue weighted by atomic mass is 35.5. The van der Waals surface area contributed by atoms with E-state index in [1.807, 2.05) is 12.1 Å². The lowest BCUT2D eigenvalue weighted by Gasteiger charge is -2.09. The predicted molar refractivity (Wildman–Crippen MR) is 73.8 cm³/mol. The van der Waals surface area contributed by atoms with E-state index in [2.05, 4.69) is 19.2 Å². The number of nitrogens with one attached hydrogen (secondary N) is 1. The van der Waals surface area contributed by atoms with E-state index in [-0.39, 0.29) is 0 Å². The van der Waals surface area contributed by atoms with Crippen LogP contribution in [0.25, 0.3) is 0 Å². The molecule has 0 aliphatic rings. The van der Waals surface area contributed by atoms with E-state index < -0.39 is 0 Å². The first-order valence-electron chi connectivity index (χ1n) is 5.82. The van der Waals surface area contributed by atoms with Gasteiger partial charge in [-0.3, -0.25) is 0 Å². The van der Waals surface area contributed by atoms with Crippen LogP contribution in [0.1, 0.15) is 19.4 Å². The summed E-state index contributed by atoms with van der Waals surface area (Å²) in [6.07, 6.45) is 0. The molecule has 0 spiro atoms. The van der Waals surface area contributed by atoms with Crippen molar-refractivity contribution in [3.8, 4) is 0 Å². The second kappa shape index (κ2) is 7.93. The monoisotopic (exact) mass is 275 g/mol. The predicted octanol–water partition coefficient (Wildman–Crippen LogP) is 3.76. The van der Waals surface area contributed by atoms with Gasteiger partial charge in [-0.25, -0.2) is 0 Å². The molecule has 0 aromatic heterocycles. The fraction of sp³-hybridized carbons (Fsp3) is 0.538. The van der Waals surface area contributed by atoms with Crippen LogP contribution in [0.5, 0.6) is 0 Å². The van der Waals surface area contributed by atoms with Gasteiger partial charge in [0.15, 0.2) is 0 Å². The lowest BCUT2D eigenvalue weighted by atomic mass is 10.2. The second-order valence-electron chi connectivity index (χ2n) is 4.38. The van der Waals surface area contributed by atoms with Crippen LogP contribution < -0.4 is 5.32 Å². The van der Waals surface area contributed by atoms with Crippen LogP contribution in [-0.4, -0.2) is 19.8 Å². The summed E-state index contributed by atoms with van der Waals surface area (Å²) < 4.78 is 5.47. The van der Waals surface area contributed by atoms with E-state index in [4.69, 9.17) is 27.9 Å². The molecule has 0 atom stereocenters. The lowest BCUT2D eigenvalue weighted by Crippen LogP contribution is -2.20. The molecule has 0 radical (unpaired) electrons. The molecule has 1 N–H and O–H groups in total. The van der Waals surface area contributed by atoms with Crippen molar-refractivity contribution in [2.45, 2.75) is 20.4 Å². The Morgan fingerprint density at radius 3 is 2.76 bits per heavy atom. The molecule has 4 heteroatoms. The average molecular weight is 276 g/mol. The number of halogens is 2. The summed E-state index contributed by atoms with van der Waals surface area (Å²) in [4.78, 5) is 0. The highest BCUT2D eigenvalue weighted by Crippen LogP contribution is 2.20. The van der Waals surface area contributed by atoms with E-state index in [1.165, 1.54) is 0 Å². The van der Waals surface area contributed by atoms with Crippen LogP contribution in [0.3, 0.4) is 0 Å².